The molecule has 0 unspecified atom stereocenters. The third-order valence-electron chi connectivity index (χ3n) is 4.75. The lowest BCUT2D eigenvalue weighted by Gasteiger charge is -2.31. The minimum Gasteiger partial charge on any atom is -0.504 e. The Hall–Kier alpha value is -2.44. The minimum absolute atomic E-state index is 0.0974. The summed E-state index contributed by atoms with van der Waals surface area (Å²) in [7, 11) is 0. The zero-order chi connectivity index (χ0) is 19.1. The van der Waals surface area contributed by atoms with Gasteiger partial charge >= 0.3 is 0 Å². The second kappa shape index (κ2) is 9.48. The largest absolute Gasteiger partial charge is 0.504 e. The van der Waals surface area contributed by atoms with E-state index in [1.165, 1.54) is 17.0 Å². The SMILES string of the molecule is CCOc1cccc(C=NC[C@@H](c2ccc(F)cc2)[NH+]2CCOCC2)c1O. The van der Waals surface area contributed by atoms with Crippen molar-refractivity contribution in [3.05, 3.63) is 59.4 Å². The number of benzene rings is 2. The average Bonchev–Trinajstić information content (AvgIpc) is 2.70. The monoisotopic (exact) mass is 373 g/mol. The van der Waals surface area contributed by atoms with Crippen LogP contribution in [0.5, 0.6) is 11.5 Å². The number of hydrogen-bond acceptors (Lipinski definition) is 4. The highest BCUT2D eigenvalue weighted by molar-refractivity contribution is 5.84. The van der Waals surface area contributed by atoms with Gasteiger partial charge in [-0.05, 0) is 31.2 Å². The van der Waals surface area contributed by atoms with Crippen molar-refractivity contribution >= 4 is 6.21 Å². The van der Waals surface area contributed by atoms with E-state index in [1.807, 2.05) is 25.1 Å². The molecule has 2 N–H and O–H groups in total. The van der Waals surface area contributed by atoms with Crippen molar-refractivity contribution in [2.75, 3.05) is 39.5 Å². The van der Waals surface area contributed by atoms with Crippen molar-refractivity contribution < 1.29 is 23.9 Å². The summed E-state index contributed by atoms with van der Waals surface area (Å²) in [6.45, 7) is 6.12. The summed E-state index contributed by atoms with van der Waals surface area (Å²) >= 11 is 0. The fraction of sp³-hybridized carbons (Fsp3) is 0.381. The number of morpholine rings is 1. The molecule has 0 amide bonds. The van der Waals surface area contributed by atoms with E-state index in [4.69, 9.17) is 9.47 Å². The van der Waals surface area contributed by atoms with E-state index in [9.17, 15) is 9.50 Å². The van der Waals surface area contributed by atoms with Crippen molar-refractivity contribution in [3.8, 4) is 11.5 Å². The Kier molecular flexibility index (Phi) is 6.79. The van der Waals surface area contributed by atoms with Gasteiger partial charge in [-0.2, -0.15) is 0 Å². The summed E-state index contributed by atoms with van der Waals surface area (Å²) in [5.74, 6) is 0.311. The molecule has 0 bridgehead atoms. The van der Waals surface area contributed by atoms with Gasteiger partial charge in [-0.25, -0.2) is 4.39 Å². The first kappa shape index (κ1) is 19.3. The normalized spacial score (nSPS) is 16.5. The van der Waals surface area contributed by atoms with E-state index >= 15 is 0 Å². The zero-order valence-corrected chi connectivity index (χ0v) is 15.5. The molecule has 144 valence electrons. The van der Waals surface area contributed by atoms with Gasteiger partial charge in [-0.1, -0.05) is 18.2 Å². The summed E-state index contributed by atoms with van der Waals surface area (Å²) in [5, 5.41) is 10.3. The number of phenols is 1. The highest BCUT2D eigenvalue weighted by Gasteiger charge is 2.26. The van der Waals surface area contributed by atoms with Crippen molar-refractivity contribution in [3.63, 3.8) is 0 Å². The third-order valence-corrected chi connectivity index (χ3v) is 4.75. The Balaban J connectivity index is 1.77. The molecular formula is C21H26FN2O3+. The predicted octanol–water partition coefficient (Wildman–Crippen LogP) is 2.01. The number of ether oxygens (including phenoxy) is 2. The quantitative estimate of drug-likeness (QED) is 0.730. The van der Waals surface area contributed by atoms with E-state index in [-0.39, 0.29) is 17.6 Å². The molecule has 1 saturated heterocycles. The van der Waals surface area contributed by atoms with Crippen LogP contribution in [-0.4, -0.2) is 50.8 Å². The molecule has 1 aliphatic rings. The Bertz CT molecular complexity index is 759. The van der Waals surface area contributed by atoms with Crippen molar-refractivity contribution in [2.45, 2.75) is 13.0 Å². The van der Waals surface area contributed by atoms with E-state index in [1.54, 1.807) is 18.3 Å². The second-order valence-corrected chi connectivity index (χ2v) is 6.50. The maximum absolute atomic E-state index is 13.3. The highest BCUT2D eigenvalue weighted by Crippen LogP contribution is 2.28. The van der Waals surface area contributed by atoms with E-state index in [0.717, 1.165) is 18.7 Å². The van der Waals surface area contributed by atoms with Crippen molar-refractivity contribution in [1.29, 1.82) is 0 Å². The lowest BCUT2D eigenvalue weighted by atomic mass is 10.0. The molecule has 0 spiro atoms. The molecule has 3 rings (SSSR count). The number of nitrogens with zero attached hydrogens (tertiary/aromatic N) is 1. The van der Waals surface area contributed by atoms with Crippen LogP contribution in [0.15, 0.2) is 47.5 Å². The average molecular weight is 373 g/mol. The number of nitrogens with one attached hydrogen (secondary N) is 1. The number of phenolic OH excluding ortho intramolecular Hbond substituents is 1. The lowest BCUT2D eigenvalue weighted by molar-refractivity contribution is -0.937. The summed E-state index contributed by atoms with van der Waals surface area (Å²) in [4.78, 5) is 5.95. The first-order valence-electron chi connectivity index (χ1n) is 9.31. The molecule has 2 aromatic carbocycles. The molecule has 1 atom stereocenters. The molecular weight excluding hydrogens is 347 g/mol. The Morgan fingerprint density at radius 3 is 2.67 bits per heavy atom. The van der Waals surface area contributed by atoms with Crippen LogP contribution in [0.1, 0.15) is 24.1 Å². The van der Waals surface area contributed by atoms with Gasteiger partial charge in [0.2, 0.25) is 0 Å². The van der Waals surface area contributed by atoms with Gasteiger partial charge in [-0.3, -0.25) is 4.99 Å². The van der Waals surface area contributed by atoms with Crippen LogP contribution in [0, 0.1) is 5.82 Å². The molecule has 0 radical (unpaired) electrons. The van der Waals surface area contributed by atoms with Gasteiger partial charge in [0.1, 0.15) is 24.9 Å². The number of hydrogen-bond donors (Lipinski definition) is 2. The molecule has 0 aromatic heterocycles. The Morgan fingerprint density at radius 2 is 1.96 bits per heavy atom. The predicted molar refractivity (Wildman–Crippen MR) is 102 cm³/mol. The van der Waals surface area contributed by atoms with Gasteiger partial charge in [0.25, 0.3) is 0 Å². The Labute approximate surface area is 159 Å². The Morgan fingerprint density at radius 1 is 1.22 bits per heavy atom. The van der Waals surface area contributed by atoms with Crippen LogP contribution >= 0.6 is 0 Å². The van der Waals surface area contributed by atoms with Crippen LogP contribution in [0.2, 0.25) is 0 Å². The molecule has 2 aromatic rings. The fourth-order valence-electron chi connectivity index (χ4n) is 3.32. The van der Waals surface area contributed by atoms with E-state index in [0.29, 0.717) is 37.7 Å². The van der Waals surface area contributed by atoms with Gasteiger partial charge in [-0.15, -0.1) is 0 Å². The van der Waals surface area contributed by atoms with Crippen LogP contribution in [0.25, 0.3) is 0 Å². The summed E-state index contributed by atoms with van der Waals surface area (Å²) in [5.41, 5.74) is 1.67. The molecule has 6 heteroatoms. The number of aromatic hydroxyl groups is 1. The van der Waals surface area contributed by atoms with Gasteiger partial charge < -0.3 is 19.5 Å². The summed E-state index contributed by atoms with van der Waals surface area (Å²) in [6, 6.07) is 12.1. The fourth-order valence-corrected chi connectivity index (χ4v) is 3.32. The summed E-state index contributed by atoms with van der Waals surface area (Å²) < 4.78 is 24.2. The van der Waals surface area contributed by atoms with Gasteiger partial charge in [0.15, 0.2) is 11.5 Å². The number of aliphatic imine (C=N–C) groups is 1. The van der Waals surface area contributed by atoms with Gasteiger partial charge in [0, 0.05) is 17.3 Å². The molecule has 1 heterocycles. The number of rotatable bonds is 7. The smallest absolute Gasteiger partial charge is 0.166 e. The maximum atomic E-state index is 13.3. The minimum atomic E-state index is -0.240. The lowest BCUT2D eigenvalue weighted by Crippen LogP contribution is -3.14. The second-order valence-electron chi connectivity index (χ2n) is 6.50. The molecule has 0 saturated carbocycles. The van der Waals surface area contributed by atoms with Crippen LogP contribution in [0.3, 0.4) is 0 Å². The molecule has 27 heavy (non-hydrogen) atoms. The van der Waals surface area contributed by atoms with E-state index < -0.39 is 0 Å². The number of halogens is 1. The molecule has 1 fully saturated rings. The zero-order valence-electron chi connectivity index (χ0n) is 15.5. The van der Waals surface area contributed by atoms with Crippen LogP contribution in [-0.2, 0) is 4.74 Å². The third kappa shape index (κ3) is 5.05. The first-order valence-corrected chi connectivity index (χ1v) is 9.31. The van der Waals surface area contributed by atoms with E-state index in [2.05, 4.69) is 4.99 Å². The topological polar surface area (TPSA) is 55.5 Å². The first-order chi connectivity index (χ1) is 13.2. The number of para-hydroxylation sites is 1. The standard InChI is InChI=1S/C21H25FN2O3/c1-2-27-20-5-3-4-17(21(20)25)14-23-15-19(24-10-12-26-13-11-24)16-6-8-18(22)9-7-16/h3-9,14,19,25H,2,10-13,15H2,1H3/p+1/t19-/m0/s1. The molecule has 1 aliphatic heterocycles. The number of quaternary nitrogens is 1. The van der Waals surface area contributed by atoms with Crippen LogP contribution in [0.4, 0.5) is 4.39 Å². The van der Waals surface area contributed by atoms with Gasteiger partial charge in [0.05, 0.1) is 26.4 Å². The maximum Gasteiger partial charge on any atom is 0.166 e. The highest BCUT2D eigenvalue weighted by atomic mass is 19.1. The van der Waals surface area contributed by atoms with Crippen LogP contribution < -0.4 is 9.64 Å². The molecule has 0 aliphatic carbocycles. The molecule has 5 nitrogen and oxygen atoms in total. The summed E-state index contributed by atoms with van der Waals surface area (Å²) in [6.07, 6.45) is 1.67. The van der Waals surface area contributed by atoms with Crippen molar-refractivity contribution in [1.82, 2.24) is 0 Å². The van der Waals surface area contributed by atoms with Crippen molar-refractivity contribution in [2.24, 2.45) is 4.99 Å².